The standard InChI is InChI=1S/C16H29FN2/c1-12-18(2)15-8-3-4-9-16(15)19(12)11-13-6-5-7-14(17)10-13/h12-16H,3-11H2,1-2H3. The third-order valence-corrected chi connectivity index (χ3v) is 5.90. The SMILES string of the molecule is CC1N(C)C2CCCCC2N1CC1CCCC(F)C1. The van der Waals surface area contributed by atoms with Gasteiger partial charge in [-0.15, -0.1) is 0 Å². The number of hydrogen-bond donors (Lipinski definition) is 0. The Morgan fingerprint density at radius 3 is 2.47 bits per heavy atom. The van der Waals surface area contributed by atoms with Gasteiger partial charge < -0.3 is 0 Å². The molecule has 0 N–H and O–H groups in total. The van der Waals surface area contributed by atoms with Crippen molar-refractivity contribution in [3.8, 4) is 0 Å². The number of halogens is 1. The second-order valence-electron chi connectivity index (χ2n) is 7.04. The van der Waals surface area contributed by atoms with Crippen molar-refractivity contribution in [3.05, 3.63) is 0 Å². The topological polar surface area (TPSA) is 6.48 Å². The van der Waals surface area contributed by atoms with E-state index in [4.69, 9.17) is 0 Å². The van der Waals surface area contributed by atoms with Gasteiger partial charge in [0.05, 0.1) is 6.17 Å². The molecule has 1 heterocycles. The lowest BCUT2D eigenvalue weighted by Gasteiger charge is -2.36. The molecular formula is C16H29FN2. The van der Waals surface area contributed by atoms with E-state index in [0.717, 1.165) is 37.9 Å². The molecule has 1 aliphatic heterocycles. The number of alkyl halides is 1. The summed E-state index contributed by atoms with van der Waals surface area (Å²) in [6.45, 7) is 3.47. The molecule has 2 aliphatic carbocycles. The van der Waals surface area contributed by atoms with Crippen LogP contribution in [0.4, 0.5) is 4.39 Å². The quantitative estimate of drug-likeness (QED) is 0.757. The van der Waals surface area contributed by atoms with Crippen LogP contribution >= 0.6 is 0 Å². The van der Waals surface area contributed by atoms with Gasteiger partial charge in [0.2, 0.25) is 0 Å². The predicted octanol–water partition coefficient (Wildman–Crippen LogP) is 3.42. The minimum atomic E-state index is -0.531. The van der Waals surface area contributed by atoms with Crippen molar-refractivity contribution >= 4 is 0 Å². The summed E-state index contributed by atoms with van der Waals surface area (Å²) < 4.78 is 13.6. The van der Waals surface area contributed by atoms with Gasteiger partial charge in [-0.1, -0.05) is 19.3 Å². The summed E-state index contributed by atoms with van der Waals surface area (Å²) in [7, 11) is 2.28. The highest BCUT2D eigenvalue weighted by Gasteiger charge is 2.44. The lowest BCUT2D eigenvalue weighted by Crippen LogP contribution is -2.43. The Morgan fingerprint density at radius 2 is 1.74 bits per heavy atom. The Labute approximate surface area is 117 Å². The van der Waals surface area contributed by atoms with E-state index in [-0.39, 0.29) is 0 Å². The first kappa shape index (κ1) is 13.8. The van der Waals surface area contributed by atoms with E-state index in [1.54, 1.807) is 0 Å². The molecule has 0 aromatic heterocycles. The Hall–Kier alpha value is -0.150. The molecule has 0 bridgehead atoms. The van der Waals surface area contributed by atoms with Crippen molar-refractivity contribution in [1.82, 2.24) is 9.80 Å². The molecule has 3 heteroatoms. The minimum absolute atomic E-state index is 0.531. The molecule has 5 atom stereocenters. The maximum absolute atomic E-state index is 13.6. The molecule has 3 aliphatic rings. The third kappa shape index (κ3) is 2.69. The van der Waals surface area contributed by atoms with Crippen LogP contribution in [0.25, 0.3) is 0 Å². The Morgan fingerprint density at radius 1 is 1.00 bits per heavy atom. The van der Waals surface area contributed by atoms with Crippen molar-refractivity contribution in [1.29, 1.82) is 0 Å². The second kappa shape index (κ2) is 5.69. The normalized spacial score (nSPS) is 45.3. The molecule has 2 nitrogen and oxygen atoms in total. The van der Waals surface area contributed by atoms with Crippen LogP contribution in [0.3, 0.4) is 0 Å². The lowest BCUT2D eigenvalue weighted by molar-refractivity contribution is 0.0956. The molecule has 110 valence electrons. The van der Waals surface area contributed by atoms with Crippen LogP contribution in [0.1, 0.15) is 58.3 Å². The minimum Gasteiger partial charge on any atom is -0.287 e. The van der Waals surface area contributed by atoms with Gasteiger partial charge in [0, 0.05) is 18.6 Å². The van der Waals surface area contributed by atoms with Crippen LogP contribution in [0, 0.1) is 5.92 Å². The average Bonchev–Trinajstić information content (AvgIpc) is 2.65. The zero-order chi connectivity index (χ0) is 13.4. The molecule has 2 saturated carbocycles. The van der Waals surface area contributed by atoms with Crippen LogP contribution < -0.4 is 0 Å². The van der Waals surface area contributed by atoms with Crippen molar-refractivity contribution < 1.29 is 4.39 Å². The largest absolute Gasteiger partial charge is 0.287 e. The van der Waals surface area contributed by atoms with E-state index in [9.17, 15) is 4.39 Å². The van der Waals surface area contributed by atoms with Gasteiger partial charge in [-0.3, -0.25) is 9.80 Å². The van der Waals surface area contributed by atoms with Gasteiger partial charge in [0.1, 0.15) is 6.17 Å². The Kier molecular flexibility index (Phi) is 4.14. The first-order valence-electron chi connectivity index (χ1n) is 8.28. The van der Waals surface area contributed by atoms with Gasteiger partial charge >= 0.3 is 0 Å². The van der Waals surface area contributed by atoms with Gasteiger partial charge in [-0.25, -0.2) is 4.39 Å². The number of likely N-dealkylation sites (N-methyl/N-ethyl adjacent to an activating group) is 1. The Bertz CT molecular complexity index is 309. The van der Waals surface area contributed by atoms with Crippen molar-refractivity contribution in [2.45, 2.75) is 82.7 Å². The van der Waals surface area contributed by atoms with E-state index in [2.05, 4.69) is 23.8 Å². The van der Waals surface area contributed by atoms with Crippen molar-refractivity contribution in [3.63, 3.8) is 0 Å². The van der Waals surface area contributed by atoms with E-state index in [0.29, 0.717) is 12.1 Å². The highest BCUT2D eigenvalue weighted by atomic mass is 19.1. The van der Waals surface area contributed by atoms with Gasteiger partial charge in [-0.05, 0) is 52.0 Å². The van der Waals surface area contributed by atoms with Gasteiger partial charge in [0.15, 0.2) is 0 Å². The summed E-state index contributed by atoms with van der Waals surface area (Å²) in [5.74, 6) is 0.597. The third-order valence-electron chi connectivity index (χ3n) is 5.90. The summed E-state index contributed by atoms with van der Waals surface area (Å²) in [5, 5.41) is 0. The lowest BCUT2D eigenvalue weighted by atomic mass is 9.86. The summed E-state index contributed by atoms with van der Waals surface area (Å²) in [6, 6.07) is 1.50. The summed E-state index contributed by atoms with van der Waals surface area (Å²) >= 11 is 0. The molecule has 0 spiro atoms. The maximum atomic E-state index is 13.6. The van der Waals surface area contributed by atoms with E-state index in [1.165, 1.54) is 32.1 Å². The maximum Gasteiger partial charge on any atom is 0.100 e. The van der Waals surface area contributed by atoms with Crippen LogP contribution in [0.15, 0.2) is 0 Å². The zero-order valence-electron chi connectivity index (χ0n) is 12.5. The van der Waals surface area contributed by atoms with Crippen LogP contribution in [0.5, 0.6) is 0 Å². The average molecular weight is 268 g/mol. The van der Waals surface area contributed by atoms with Gasteiger partial charge in [0.25, 0.3) is 0 Å². The van der Waals surface area contributed by atoms with Gasteiger partial charge in [-0.2, -0.15) is 0 Å². The fourth-order valence-corrected chi connectivity index (χ4v) is 4.72. The molecule has 5 unspecified atom stereocenters. The predicted molar refractivity (Wildman–Crippen MR) is 76.8 cm³/mol. The highest BCUT2D eigenvalue weighted by molar-refractivity contribution is 4.98. The molecule has 0 radical (unpaired) electrons. The highest BCUT2D eigenvalue weighted by Crippen LogP contribution is 2.37. The monoisotopic (exact) mass is 268 g/mol. The Balaban J connectivity index is 1.65. The van der Waals surface area contributed by atoms with E-state index in [1.807, 2.05) is 0 Å². The number of nitrogens with zero attached hydrogens (tertiary/aromatic N) is 2. The molecule has 0 aromatic rings. The van der Waals surface area contributed by atoms with Crippen LogP contribution in [-0.4, -0.2) is 47.8 Å². The molecule has 0 aromatic carbocycles. The number of rotatable bonds is 2. The number of fused-ring (bicyclic) bond motifs is 1. The fraction of sp³-hybridized carbons (Fsp3) is 1.00. The smallest absolute Gasteiger partial charge is 0.100 e. The number of hydrogen-bond acceptors (Lipinski definition) is 2. The summed E-state index contributed by atoms with van der Waals surface area (Å²) in [6.07, 6.45) is 9.45. The second-order valence-corrected chi connectivity index (χ2v) is 7.04. The van der Waals surface area contributed by atoms with E-state index < -0.39 is 6.17 Å². The van der Waals surface area contributed by atoms with Crippen LogP contribution in [0.2, 0.25) is 0 Å². The van der Waals surface area contributed by atoms with Crippen molar-refractivity contribution in [2.24, 2.45) is 5.92 Å². The summed E-state index contributed by atoms with van der Waals surface area (Å²) in [5.41, 5.74) is 0. The molecule has 19 heavy (non-hydrogen) atoms. The van der Waals surface area contributed by atoms with E-state index >= 15 is 0 Å². The fourth-order valence-electron chi connectivity index (χ4n) is 4.72. The first-order valence-corrected chi connectivity index (χ1v) is 8.28. The molecule has 1 saturated heterocycles. The summed E-state index contributed by atoms with van der Waals surface area (Å²) in [4.78, 5) is 5.27. The van der Waals surface area contributed by atoms with Crippen LogP contribution in [-0.2, 0) is 0 Å². The first-order chi connectivity index (χ1) is 9.16. The molecule has 3 fully saturated rings. The molecule has 0 amide bonds. The van der Waals surface area contributed by atoms with Crippen molar-refractivity contribution in [2.75, 3.05) is 13.6 Å². The molecule has 3 rings (SSSR count). The molecular weight excluding hydrogens is 239 g/mol. The zero-order valence-corrected chi connectivity index (χ0v) is 12.5.